The van der Waals surface area contributed by atoms with Gasteiger partial charge in [-0.3, -0.25) is 15.6 Å². The number of nitrogens with one attached hydrogen (secondary N) is 3. The van der Waals surface area contributed by atoms with E-state index in [-0.39, 0.29) is 5.91 Å². The van der Waals surface area contributed by atoms with Crippen LogP contribution in [0.4, 0.5) is 0 Å². The van der Waals surface area contributed by atoms with Crippen LogP contribution in [0.5, 0.6) is 0 Å². The third kappa shape index (κ3) is 4.75. The van der Waals surface area contributed by atoms with E-state index in [1.165, 1.54) is 0 Å². The van der Waals surface area contributed by atoms with Gasteiger partial charge in [-0.1, -0.05) is 6.07 Å². The highest BCUT2D eigenvalue weighted by atomic mass is 32.1. The zero-order chi connectivity index (χ0) is 11.1. The summed E-state index contributed by atoms with van der Waals surface area (Å²) in [6, 6.07) is 3.84. The average Bonchev–Trinajstić information content (AvgIpc) is 2.68. The fourth-order valence-electron chi connectivity index (χ4n) is 0.947. The van der Waals surface area contributed by atoms with Gasteiger partial charge in [0.1, 0.15) is 0 Å². The lowest BCUT2D eigenvalue weighted by molar-refractivity contribution is -0.120. The van der Waals surface area contributed by atoms with E-state index in [0.717, 1.165) is 11.4 Å². The molecule has 0 aliphatic heterocycles. The molecule has 0 aliphatic rings. The Kier molecular flexibility index (Phi) is 5.06. The highest BCUT2D eigenvalue weighted by Crippen LogP contribution is 2.08. The van der Waals surface area contributed by atoms with Gasteiger partial charge in [0.15, 0.2) is 5.11 Å². The first-order chi connectivity index (χ1) is 7.22. The van der Waals surface area contributed by atoms with Crippen molar-refractivity contribution in [2.24, 2.45) is 0 Å². The van der Waals surface area contributed by atoms with Crippen LogP contribution in [0.25, 0.3) is 0 Å². The first kappa shape index (κ1) is 11.9. The molecule has 0 unspecified atom stereocenters. The van der Waals surface area contributed by atoms with E-state index in [4.69, 9.17) is 12.2 Å². The summed E-state index contributed by atoms with van der Waals surface area (Å²) in [5.74, 6) is -0.0993. The number of hydrogen-bond donors (Lipinski definition) is 3. The van der Waals surface area contributed by atoms with Crippen molar-refractivity contribution < 1.29 is 4.79 Å². The Morgan fingerprint density at radius 2 is 2.33 bits per heavy atom. The van der Waals surface area contributed by atoms with Gasteiger partial charge in [-0.15, -0.1) is 11.3 Å². The molecule has 1 aromatic rings. The Labute approximate surface area is 98.0 Å². The number of hydrazine groups is 1. The molecule has 0 aromatic carbocycles. The Morgan fingerprint density at radius 3 is 2.93 bits per heavy atom. The van der Waals surface area contributed by atoms with Gasteiger partial charge in [-0.05, 0) is 30.6 Å². The molecule has 82 valence electrons. The third-order valence-corrected chi connectivity index (χ3v) is 2.69. The Morgan fingerprint density at radius 1 is 1.53 bits per heavy atom. The van der Waals surface area contributed by atoms with E-state index < -0.39 is 0 Å². The van der Waals surface area contributed by atoms with Crippen LogP contribution in [0.15, 0.2) is 17.5 Å². The normalized spacial score (nSPS) is 9.40. The first-order valence-corrected chi connectivity index (χ1v) is 5.86. The summed E-state index contributed by atoms with van der Waals surface area (Å²) < 4.78 is 0. The number of thiophene rings is 1. The molecule has 0 bridgehead atoms. The standard InChI is InChI=1S/C9H13N3OS2/c1-2-10-9(14)12-11-8(13)6-7-4-3-5-15-7/h3-5H,2,6H2,1H3,(H,11,13)(H2,10,12,14). The topological polar surface area (TPSA) is 53.2 Å². The fraction of sp³-hybridized carbons (Fsp3) is 0.333. The maximum atomic E-state index is 11.4. The molecule has 1 rings (SSSR count). The molecule has 0 saturated heterocycles. The smallest absolute Gasteiger partial charge is 0.243 e. The highest BCUT2D eigenvalue weighted by Gasteiger charge is 2.03. The van der Waals surface area contributed by atoms with E-state index in [1.807, 2.05) is 24.4 Å². The van der Waals surface area contributed by atoms with Crippen molar-refractivity contribution in [3.8, 4) is 0 Å². The van der Waals surface area contributed by atoms with Crippen LogP contribution in [0, 0.1) is 0 Å². The zero-order valence-electron chi connectivity index (χ0n) is 8.37. The predicted molar refractivity (Wildman–Crippen MR) is 65.6 cm³/mol. The van der Waals surface area contributed by atoms with E-state index in [0.29, 0.717) is 11.5 Å². The second-order valence-electron chi connectivity index (χ2n) is 2.79. The molecule has 0 atom stereocenters. The van der Waals surface area contributed by atoms with Crippen LogP contribution in [0.3, 0.4) is 0 Å². The highest BCUT2D eigenvalue weighted by molar-refractivity contribution is 7.80. The molecular weight excluding hydrogens is 230 g/mol. The molecule has 15 heavy (non-hydrogen) atoms. The molecule has 0 aliphatic carbocycles. The minimum absolute atomic E-state index is 0.0993. The summed E-state index contributed by atoms with van der Waals surface area (Å²) in [7, 11) is 0. The predicted octanol–water partition coefficient (Wildman–Crippen LogP) is 0.806. The van der Waals surface area contributed by atoms with Crippen molar-refractivity contribution in [3.63, 3.8) is 0 Å². The number of rotatable bonds is 3. The lowest BCUT2D eigenvalue weighted by Gasteiger charge is -2.09. The number of hydrogen-bond acceptors (Lipinski definition) is 3. The molecule has 0 fully saturated rings. The molecule has 1 aromatic heterocycles. The van der Waals surface area contributed by atoms with E-state index in [1.54, 1.807) is 11.3 Å². The largest absolute Gasteiger partial charge is 0.362 e. The quantitative estimate of drug-likeness (QED) is 0.543. The second-order valence-corrected chi connectivity index (χ2v) is 4.23. The molecule has 0 radical (unpaired) electrons. The number of thiocarbonyl (C=S) groups is 1. The molecule has 0 spiro atoms. The summed E-state index contributed by atoms with van der Waals surface area (Å²) in [5, 5.41) is 5.24. The Bertz CT molecular complexity index is 324. The van der Waals surface area contributed by atoms with Gasteiger partial charge < -0.3 is 5.32 Å². The van der Waals surface area contributed by atoms with Crippen LogP contribution in [0.1, 0.15) is 11.8 Å². The van der Waals surface area contributed by atoms with Crippen LogP contribution in [-0.4, -0.2) is 17.6 Å². The van der Waals surface area contributed by atoms with E-state index >= 15 is 0 Å². The van der Waals surface area contributed by atoms with Gasteiger partial charge in [-0.2, -0.15) is 0 Å². The molecule has 1 heterocycles. The van der Waals surface area contributed by atoms with Crippen molar-refractivity contribution in [1.82, 2.24) is 16.2 Å². The lowest BCUT2D eigenvalue weighted by Crippen LogP contribution is -2.47. The molecule has 0 saturated carbocycles. The van der Waals surface area contributed by atoms with Crippen LogP contribution >= 0.6 is 23.6 Å². The maximum Gasteiger partial charge on any atom is 0.243 e. The van der Waals surface area contributed by atoms with Crippen molar-refractivity contribution >= 4 is 34.6 Å². The number of amides is 1. The van der Waals surface area contributed by atoms with Gasteiger partial charge in [0, 0.05) is 11.4 Å². The summed E-state index contributed by atoms with van der Waals surface area (Å²) in [5.41, 5.74) is 5.14. The minimum atomic E-state index is -0.0993. The summed E-state index contributed by atoms with van der Waals surface area (Å²) in [6.07, 6.45) is 0.374. The van der Waals surface area contributed by atoms with Crippen LogP contribution in [0.2, 0.25) is 0 Å². The van der Waals surface area contributed by atoms with Gasteiger partial charge in [0.05, 0.1) is 6.42 Å². The summed E-state index contributed by atoms with van der Waals surface area (Å²) >= 11 is 6.44. The van der Waals surface area contributed by atoms with Crippen LogP contribution < -0.4 is 16.2 Å². The van der Waals surface area contributed by atoms with Crippen LogP contribution in [-0.2, 0) is 11.2 Å². The van der Waals surface area contributed by atoms with Crippen molar-refractivity contribution in [3.05, 3.63) is 22.4 Å². The Hall–Kier alpha value is -1.14. The van der Waals surface area contributed by atoms with Gasteiger partial charge in [0.2, 0.25) is 5.91 Å². The number of carbonyl (C=O) groups is 1. The Balaban J connectivity index is 2.22. The molecule has 4 nitrogen and oxygen atoms in total. The minimum Gasteiger partial charge on any atom is -0.362 e. The molecule has 3 N–H and O–H groups in total. The zero-order valence-corrected chi connectivity index (χ0v) is 10.0. The molecule has 6 heteroatoms. The monoisotopic (exact) mass is 243 g/mol. The number of carbonyl (C=O) groups excluding carboxylic acids is 1. The first-order valence-electron chi connectivity index (χ1n) is 4.57. The van der Waals surface area contributed by atoms with Gasteiger partial charge >= 0.3 is 0 Å². The maximum absolute atomic E-state index is 11.4. The average molecular weight is 243 g/mol. The van der Waals surface area contributed by atoms with Gasteiger partial charge in [-0.25, -0.2) is 0 Å². The van der Waals surface area contributed by atoms with Crippen molar-refractivity contribution in [2.75, 3.05) is 6.54 Å². The van der Waals surface area contributed by atoms with Crippen molar-refractivity contribution in [2.45, 2.75) is 13.3 Å². The second kappa shape index (κ2) is 6.36. The lowest BCUT2D eigenvalue weighted by atomic mass is 10.3. The fourth-order valence-corrected chi connectivity index (χ4v) is 1.85. The molecule has 1 amide bonds. The van der Waals surface area contributed by atoms with E-state index in [2.05, 4.69) is 16.2 Å². The third-order valence-electron chi connectivity index (χ3n) is 1.57. The SMILES string of the molecule is CCNC(=S)NNC(=O)Cc1cccs1. The summed E-state index contributed by atoms with van der Waals surface area (Å²) in [6.45, 7) is 2.66. The summed E-state index contributed by atoms with van der Waals surface area (Å²) in [4.78, 5) is 12.4. The molecular formula is C9H13N3OS2. The van der Waals surface area contributed by atoms with E-state index in [9.17, 15) is 4.79 Å². The van der Waals surface area contributed by atoms with Gasteiger partial charge in [0.25, 0.3) is 0 Å². The van der Waals surface area contributed by atoms with Crippen molar-refractivity contribution in [1.29, 1.82) is 0 Å².